The second kappa shape index (κ2) is 14.3. The Morgan fingerprint density at radius 3 is 1.56 bits per heavy atom. The Balaban J connectivity index is 1.000. The van der Waals surface area contributed by atoms with Crippen molar-refractivity contribution in [1.82, 2.24) is 0 Å². The molecular weight excluding hydrogens is 653 g/mol. The predicted molar refractivity (Wildman–Crippen MR) is 235 cm³/mol. The molecule has 9 aromatic rings. The Labute approximate surface area is 317 Å². The van der Waals surface area contributed by atoms with Crippen LogP contribution in [0.25, 0.3) is 60.3 Å². The van der Waals surface area contributed by atoms with E-state index in [9.17, 15) is 0 Å². The first kappa shape index (κ1) is 33.0. The summed E-state index contributed by atoms with van der Waals surface area (Å²) in [6.45, 7) is 2.02. The zero-order chi connectivity index (χ0) is 36.4. The van der Waals surface area contributed by atoms with E-state index in [4.69, 9.17) is 0 Å². The van der Waals surface area contributed by atoms with Crippen LogP contribution in [-0.4, -0.2) is 7.05 Å². The third kappa shape index (κ3) is 5.98. The molecule has 0 aliphatic rings. The number of para-hydroxylation sites is 1. The fourth-order valence-corrected chi connectivity index (χ4v) is 7.91. The van der Waals surface area contributed by atoms with Gasteiger partial charge in [0.2, 0.25) is 0 Å². The molecule has 0 fully saturated rings. The maximum absolute atomic E-state index is 2.32. The van der Waals surface area contributed by atoms with Crippen LogP contribution in [-0.2, 0) is 0 Å². The van der Waals surface area contributed by atoms with E-state index in [2.05, 4.69) is 199 Å². The molecule has 0 aliphatic carbocycles. The van der Waals surface area contributed by atoms with Gasteiger partial charge < -0.3 is 9.80 Å². The van der Waals surface area contributed by atoms with Gasteiger partial charge in [-0.3, -0.25) is 0 Å². The van der Waals surface area contributed by atoms with E-state index in [0.29, 0.717) is 0 Å². The first-order valence-corrected chi connectivity index (χ1v) is 18.6. The lowest BCUT2D eigenvalue weighted by molar-refractivity contribution is 1.22. The van der Waals surface area contributed by atoms with Gasteiger partial charge in [-0.1, -0.05) is 152 Å². The van der Waals surface area contributed by atoms with Crippen molar-refractivity contribution in [3.05, 3.63) is 206 Å². The van der Waals surface area contributed by atoms with E-state index >= 15 is 0 Å². The standard InChI is InChI=1S/C52H40N2/c1-3-4-5-6-8-14-37-23-29-43(30-24-37)54(42-17-9-7-10-18-42)44-33-27-39(28-34-44)38-25-31-41(32-26-38)53(2)50-36-35-48-46-20-12-16-40-15-11-19-45(51(40)46)47-21-13-22-49(50)52(47)48/h3-36H,1-2H3/b4-3-,6-5-,14-8+. The molecule has 0 saturated carbocycles. The van der Waals surface area contributed by atoms with Gasteiger partial charge in [-0.05, 0) is 116 Å². The maximum atomic E-state index is 2.32. The molecule has 258 valence electrons. The minimum atomic E-state index is 1.11. The van der Waals surface area contributed by atoms with E-state index in [0.717, 1.165) is 28.3 Å². The van der Waals surface area contributed by atoms with Crippen LogP contribution in [0.1, 0.15) is 12.5 Å². The zero-order valence-electron chi connectivity index (χ0n) is 30.5. The lowest BCUT2D eigenvalue weighted by Crippen LogP contribution is -2.10. The summed E-state index contributed by atoms with van der Waals surface area (Å²) >= 11 is 0. The first-order chi connectivity index (χ1) is 26.7. The molecule has 0 amide bonds. The summed E-state index contributed by atoms with van der Waals surface area (Å²) in [6.07, 6.45) is 12.3. The summed E-state index contributed by atoms with van der Waals surface area (Å²) in [4.78, 5) is 4.62. The largest absolute Gasteiger partial charge is 0.344 e. The number of allylic oxidation sites excluding steroid dienone is 5. The monoisotopic (exact) mass is 692 g/mol. The van der Waals surface area contributed by atoms with E-state index in [1.165, 1.54) is 59.9 Å². The smallest absolute Gasteiger partial charge is 0.0488 e. The molecule has 0 aliphatic heterocycles. The Hall–Kier alpha value is -6.90. The van der Waals surface area contributed by atoms with Gasteiger partial charge in [-0.15, -0.1) is 0 Å². The SMILES string of the molecule is C\C=C/C=C\C=C\c1ccc(N(c2ccccc2)c2ccc(-c3ccc(N(C)c4ccc5c6cccc7cccc(c8cccc4c85)c76)cc3)cc2)cc1. The van der Waals surface area contributed by atoms with E-state index in [1.54, 1.807) is 0 Å². The molecule has 0 atom stereocenters. The number of benzene rings is 9. The number of rotatable bonds is 9. The quantitative estimate of drug-likeness (QED) is 0.0844. The number of anilines is 5. The van der Waals surface area contributed by atoms with Crippen LogP contribution in [0.15, 0.2) is 200 Å². The van der Waals surface area contributed by atoms with Crippen molar-refractivity contribution in [2.45, 2.75) is 6.92 Å². The molecule has 2 nitrogen and oxygen atoms in total. The first-order valence-electron chi connectivity index (χ1n) is 18.6. The lowest BCUT2D eigenvalue weighted by Gasteiger charge is -2.26. The van der Waals surface area contributed by atoms with Crippen LogP contribution in [0.4, 0.5) is 28.4 Å². The summed E-state index contributed by atoms with van der Waals surface area (Å²) in [6, 6.07) is 61.8. The topological polar surface area (TPSA) is 6.48 Å². The van der Waals surface area contributed by atoms with Gasteiger partial charge in [0.05, 0.1) is 0 Å². The molecule has 0 spiro atoms. The zero-order valence-corrected chi connectivity index (χ0v) is 30.5. The average molecular weight is 693 g/mol. The minimum absolute atomic E-state index is 1.11. The van der Waals surface area contributed by atoms with E-state index in [1.807, 2.05) is 31.2 Å². The highest BCUT2D eigenvalue weighted by atomic mass is 15.1. The van der Waals surface area contributed by atoms with Crippen LogP contribution in [0, 0.1) is 0 Å². The summed E-state index contributed by atoms with van der Waals surface area (Å²) in [7, 11) is 2.18. The molecule has 0 heterocycles. The maximum Gasteiger partial charge on any atom is 0.0488 e. The van der Waals surface area contributed by atoms with Gasteiger partial charge in [0, 0.05) is 40.9 Å². The average Bonchev–Trinajstić information content (AvgIpc) is 3.23. The molecule has 0 radical (unpaired) electrons. The van der Waals surface area contributed by atoms with Gasteiger partial charge >= 0.3 is 0 Å². The van der Waals surface area contributed by atoms with Crippen molar-refractivity contribution >= 4 is 77.6 Å². The van der Waals surface area contributed by atoms with Crippen LogP contribution >= 0.6 is 0 Å². The Morgan fingerprint density at radius 2 is 0.907 bits per heavy atom. The molecule has 9 rings (SSSR count). The summed E-state index contributed by atoms with van der Waals surface area (Å²) in [5.41, 5.74) is 9.23. The van der Waals surface area contributed by atoms with Crippen molar-refractivity contribution in [1.29, 1.82) is 0 Å². The van der Waals surface area contributed by atoms with Gasteiger partial charge in [0.15, 0.2) is 0 Å². The Bertz CT molecular complexity index is 2760. The predicted octanol–water partition coefficient (Wildman–Crippen LogP) is 14.8. The highest BCUT2D eigenvalue weighted by molar-refractivity contribution is 6.34. The fraction of sp³-hybridized carbons (Fsp3) is 0.0385. The molecule has 9 aromatic carbocycles. The van der Waals surface area contributed by atoms with Crippen molar-refractivity contribution in [2.75, 3.05) is 16.8 Å². The van der Waals surface area contributed by atoms with Crippen LogP contribution in [0.5, 0.6) is 0 Å². The number of hydrogen-bond donors (Lipinski definition) is 0. The molecule has 0 saturated heterocycles. The van der Waals surface area contributed by atoms with Gasteiger partial charge in [0.25, 0.3) is 0 Å². The molecular formula is C52H40N2. The number of hydrogen-bond acceptors (Lipinski definition) is 2. The second-order valence-corrected chi connectivity index (χ2v) is 13.8. The van der Waals surface area contributed by atoms with E-state index < -0.39 is 0 Å². The minimum Gasteiger partial charge on any atom is -0.344 e. The molecule has 2 heteroatoms. The number of fused-ring (bicyclic) bond motifs is 2. The van der Waals surface area contributed by atoms with Crippen LogP contribution in [0.3, 0.4) is 0 Å². The Morgan fingerprint density at radius 1 is 0.389 bits per heavy atom. The van der Waals surface area contributed by atoms with Gasteiger partial charge in [-0.2, -0.15) is 0 Å². The van der Waals surface area contributed by atoms with Crippen molar-refractivity contribution in [2.24, 2.45) is 0 Å². The summed E-state index contributed by atoms with van der Waals surface area (Å²) in [5.74, 6) is 0. The third-order valence-corrected chi connectivity index (χ3v) is 10.6. The number of nitrogens with zero attached hydrogens (tertiary/aromatic N) is 2. The van der Waals surface area contributed by atoms with Crippen molar-refractivity contribution < 1.29 is 0 Å². The van der Waals surface area contributed by atoms with E-state index in [-0.39, 0.29) is 0 Å². The van der Waals surface area contributed by atoms with Crippen molar-refractivity contribution in [3.63, 3.8) is 0 Å². The molecule has 0 N–H and O–H groups in total. The third-order valence-electron chi connectivity index (χ3n) is 10.6. The van der Waals surface area contributed by atoms with Crippen LogP contribution in [0.2, 0.25) is 0 Å². The van der Waals surface area contributed by atoms with Crippen LogP contribution < -0.4 is 9.80 Å². The lowest BCUT2D eigenvalue weighted by atomic mass is 9.89. The fourth-order valence-electron chi connectivity index (χ4n) is 7.91. The normalized spacial score (nSPS) is 12.0. The summed E-state index contributed by atoms with van der Waals surface area (Å²) < 4.78 is 0. The summed E-state index contributed by atoms with van der Waals surface area (Å²) in [5, 5.41) is 10.5. The second-order valence-electron chi connectivity index (χ2n) is 13.8. The highest BCUT2D eigenvalue weighted by Crippen LogP contribution is 2.44. The molecule has 0 bridgehead atoms. The molecule has 0 unspecified atom stereocenters. The molecule has 0 aromatic heterocycles. The van der Waals surface area contributed by atoms with Gasteiger partial charge in [-0.25, -0.2) is 0 Å². The molecule has 54 heavy (non-hydrogen) atoms. The highest BCUT2D eigenvalue weighted by Gasteiger charge is 2.17. The Kier molecular flexibility index (Phi) is 8.70. The van der Waals surface area contributed by atoms with Crippen molar-refractivity contribution in [3.8, 4) is 11.1 Å². The van der Waals surface area contributed by atoms with Gasteiger partial charge in [0.1, 0.15) is 0 Å².